The minimum absolute atomic E-state index is 0.190. The maximum absolute atomic E-state index is 14.0. The third-order valence-electron chi connectivity index (χ3n) is 6.59. The van der Waals surface area contributed by atoms with Crippen molar-refractivity contribution in [3.05, 3.63) is 123 Å². The Morgan fingerprint density at radius 2 is 1.81 bits per heavy atom. The lowest BCUT2D eigenvalue weighted by molar-refractivity contribution is -0.139. The number of methoxy groups -OCH3 is 1. The number of carbonyl (C=O) groups is 1. The van der Waals surface area contributed by atoms with Crippen LogP contribution in [0.25, 0.3) is 6.08 Å². The Morgan fingerprint density at radius 3 is 2.50 bits per heavy atom. The largest absolute Gasteiger partial charge is 0.497 e. The van der Waals surface area contributed by atoms with Crippen molar-refractivity contribution in [3.8, 4) is 11.5 Å². The number of carbonyl (C=O) groups excluding carboxylic acids is 1. The van der Waals surface area contributed by atoms with Crippen LogP contribution in [0.4, 0.5) is 0 Å². The van der Waals surface area contributed by atoms with Crippen LogP contribution in [0.5, 0.6) is 11.5 Å². The lowest BCUT2D eigenvalue weighted by atomic mass is 9.96. The van der Waals surface area contributed by atoms with Gasteiger partial charge in [0.25, 0.3) is 5.56 Å². The maximum Gasteiger partial charge on any atom is 0.338 e. The molecular weight excluding hydrogens is 619 g/mol. The molecule has 7 nitrogen and oxygen atoms in total. The number of esters is 1. The van der Waals surface area contributed by atoms with E-state index in [1.807, 2.05) is 18.2 Å². The fourth-order valence-corrected chi connectivity index (χ4v) is 6.13. The van der Waals surface area contributed by atoms with Gasteiger partial charge in [-0.1, -0.05) is 64.3 Å². The first-order chi connectivity index (χ1) is 20.2. The summed E-state index contributed by atoms with van der Waals surface area (Å²) < 4.78 is 18.7. The second-order valence-corrected chi connectivity index (χ2v) is 11.6. The van der Waals surface area contributed by atoms with Crippen molar-refractivity contribution in [2.45, 2.75) is 26.5 Å². The van der Waals surface area contributed by atoms with Crippen molar-refractivity contribution in [3.63, 3.8) is 0 Å². The number of aromatic nitrogens is 1. The maximum atomic E-state index is 14.0. The molecule has 0 fully saturated rings. The number of nitrogens with zero attached hydrogens (tertiary/aromatic N) is 2. The van der Waals surface area contributed by atoms with Gasteiger partial charge in [-0.25, -0.2) is 9.79 Å². The van der Waals surface area contributed by atoms with Crippen LogP contribution in [0, 0.1) is 0 Å². The van der Waals surface area contributed by atoms with E-state index in [1.165, 1.54) is 15.9 Å². The predicted octanol–water partition coefficient (Wildman–Crippen LogP) is 6.35. The van der Waals surface area contributed by atoms with E-state index in [9.17, 15) is 9.59 Å². The number of hydrogen-bond donors (Lipinski definition) is 0. The second kappa shape index (κ2) is 12.8. The van der Waals surface area contributed by atoms with Crippen LogP contribution in [-0.4, -0.2) is 24.3 Å². The zero-order chi connectivity index (χ0) is 30.0. The molecule has 1 aliphatic heterocycles. The Labute approximate surface area is 260 Å². The number of hydrogen-bond acceptors (Lipinski definition) is 7. The number of ether oxygens (including phenoxy) is 3. The molecule has 216 valence electrons. The third kappa shape index (κ3) is 6.13. The molecular formula is C31H25Cl3N2O5S. The zero-order valence-corrected chi connectivity index (χ0v) is 25.9. The van der Waals surface area contributed by atoms with Crippen molar-refractivity contribution < 1.29 is 19.0 Å². The molecule has 2 heterocycles. The van der Waals surface area contributed by atoms with Crippen molar-refractivity contribution in [2.24, 2.45) is 4.99 Å². The van der Waals surface area contributed by atoms with Crippen molar-refractivity contribution in [1.82, 2.24) is 4.57 Å². The average molecular weight is 644 g/mol. The summed E-state index contributed by atoms with van der Waals surface area (Å²) in [6.45, 7) is 3.89. The van der Waals surface area contributed by atoms with Gasteiger partial charge < -0.3 is 14.2 Å². The molecule has 4 aromatic rings. The van der Waals surface area contributed by atoms with Crippen LogP contribution >= 0.6 is 46.1 Å². The lowest BCUT2D eigenvalue weighted by Crippen LogP contribution is -2.39. The molecule has 0 bridgehead atoms. The molecule has 0 spiro atoms. The SMILES string of the molecule is CCOC(=O)C1=C(C)N=c2s/c(=C\c3cc(Cl)ccc3OCc3ccc(Cl)c(Cl)c3)c(=O)n2[C@H]1c1ccc(OC)cc1. The van der Waals surface area contributed by atoms with Crippen LogP contribution in [0.1, 0.15) is 36.6 Å². The van der Waals surface area contributed by atoms with Crippen LogP contribution in [0.3, 0.4) is 0 Å². The highest BCUT2D eigenvalue weighted by molar-refractivity contribution is 7.07. The van der Waals surface area contributed by atoms with E-state index in [1.54, 1.807) is 69.5 Å². The molecule has 1 atom stereocenters. The third-order valence-corrected chi connectivity index (χ3v) is 8.54. The number of allylic oxidation sites excluding steroid dienone is 1. The smallest absolute Gasteiger partial charge is 0.338 e. The van der Waals surface area contributed by atoms with Crippen LogP contribution in [0.2, 0.25) is 15.1 Å². The van der Waals surface area contributed by atoms with E-state index in [2.05, 4.69) is 4.99 Å². The van der Waals surface area contributed by atoms with Gasteiger partial charge >= 0.3 is 5.97 Å². The molecule has 0 N–H and O–H groups in total. The normalized spacial score (nSPS) is 14.8. The van der Waals surface area contributed by atoms with Crippen LogP contribution in [-0.2, 0) is 16.1 Å². The number of benzene rings is 3. The Balaban J connectivity index is 1.60. The summed E-state index contributed by atoms with van der Waals surface area (Å²) in [4.78, 5) is 32.2. The van der Waals surface area contributed by atoms with Gasteiger partial charge in [0.15, 0.2) is 4.80 Å². The molecule has 3 aromatic carbocycles. The lowest BCUT2D eigenvalue weighted by Gasteiger charge is -2.24. The Kier molecular flexibility index (Phi) is 9.08. The Bertz CT molecular complexity index is 1880. The summed E-state index contributed by atoms with van der Waals surface area (Å²) in [6, 6.07) is 16.9. The van der Waals surface area contributed by atoms with Crippen molar-refractivity contribution in [2.75, 3.05) is 13.7 Å². The highest BCUT2D eigenvalue weighted by Crippen LogP contribution is 2.32. The predicted molar refractivity (Wildman–Crippen MR) is 166 cm³/mol. The summed E-state index contributed by atoms with van der Waals surface area (Å²) in [5.41, 5.74) is 2.62. The average Bonchev–Trinajstić information content (AvgIpc) is 3.27. The minimum atomic E-state index is -0.738. The van der Waals surface area contributed by atoms with Gasteiger partial charge in [-0.3, -0.25) is 9.36 Å². The van der Waals surface area contributed by atoms with Crippen LogP contribution in [0.15, 0.2) is 81.7 Å². The van der Waals surface area contributed by atoms with Gasteiger partial charge in [-0.15, -0.1) is 0 Å². The fourth-order valence-electron chi connectivity index (χ4n) is 4.59. The molecule has 0 saturated carbocycles. The summed E-state index contributed by atoms with van der Waals surface area (Å²) in [5, 5.41) is 1.36. The summed E-state index contributed by atoms with van der Waals surface area (Å²) in [6.07, 6.45) is 1.72. The molecule has 0 aliphatic carbocycles. The molecule has 1 aromatic heterocycles. The molecule has 1 aliphatic rings. The number of fused-ring (bicyclic) bond motifs is 1. The Hall–Kier alpha value is -3.56. The summed E-state index contributed by atoms with van der Waals surface area (Å²) >= 11 is 19.7. The number of thiazole rings is 1. The first-order valence-corrected chi connectivity index (χ1v) is 14.8. The van der Waals surface area contributed by atoms with E-state index in [-0.39, 0.29) is 18.8 Å². The summed E-state index contributed by atoms with van der Waals surface area (Å²) in [5.74, 6) is 0.645. The first-order valence-electron chi connectivity index (χ1n) is 12.9. The van der Waals surface area contributed by atoms with Gasteiger partial charge in [-0.2, -0.15) is 0 Å². The number of halogens is 3. The van der Waals surface area contributed by atoms with E-state index in [0.29, 0.717) is 58.3 Å². The van der Waals surface area contributed by atoms with Gasteiger partial charge in [0, 0.05) is 10.6 Å². The van der Waals surface area contributed by atoms with Gasteiger partial charge in [0.05, 0.1) is 45.6 Å². The standard InChI is InChI=1S/C31H25Cl3N2O5S/c1-4-40-30(38)27-17(2)35-31-36(28(27)19-6-9-22(39-3)10-7-19)29(37)26(42-31)15-20-14-21(32)8-12-25(20)41-16-18-5-11-23(33)24(34)13-18/h5-15,28H,4,16H2,1-3H3/b26-15-/t28-/m0/s1. The molecule has 0 amide bonds. The van der Waals surface area contributed by atoms with Gasteiger partial charge in [-0.05, 0) is 73.5 Å². The van der Waals surface area contributed by atoms with Crippen LogP contribution < -0.4 is 24.4 Å². The number of rotatable bonds is 8. The molecule has 0 unspecified atom stereocenters. The van der Waals surface area contributed by atoms with E-state index < -0.39 is 12.0 Å². The molecule has 5 rings (SSSR count). The quantitative estimate of drug-likeness (QED) is 0.209. The molecule has 42 heavy (non-hydrogen) atoms. The first kappa shape index (κ1) is 29.9. The molecule has 0 radical (unpaired) electrons. The van der Waals surface area contributed by atoms with Gasteiger partial charge in [0.2, 0.25) is 0 Å². The van der Waals surface area contributed by atoms with E-state index in [4.69, 9.17) is 49.0 Å². The zero-order valence-electron chi connectivity index (χ0n) is 22.8. The fraction of sp³-hybridized carbons (Fsp3) is 0.194. The van der Waals surface area contributed by atoms with Gasteiger partial charge in [0.1, 0.15) is 18.1 Å². The molecule has 11 heteroatoms. The van der Waals surface area contributed by atoms with Crippen molar-refractivity contribution >= 4 is 58.2 Å². The topological polar surface area (TPSA) is 79.1 Å². The Morgan fingerprint density at radius 1 is 1.05 bits per heavy atom. The van der Waals surface area contributed by atoms with E-state index >= 15 is 0 Å². The highest BCUT2D eigenvalue weighted by Gasteiger charge is 2.33. The minimum Gasteiger partial charge on any atom is -0.497 e. The van der Waals surface area contributed by atoms with E-state index in [0.717, 1.165) is 5.56 Å². The summed E-state index contributed by atoms with van der Waals surface area (Å²) in [7, 11) is 1.57. The second-order valence-electron chi connectivity index (χ2n) is 9.29. The molecule has 0 saturated heterocycles. The van der Waals surface area contributed by atoms with Crippen molar-refractivity contribution in [1.29, 1.82) is 0 Å². The monoisotopic (exact) mass is 642 g/mol. The highest BCUT2D eigenvalue weighted by atomic mass is 35.5.